The fourth-order valence-electron chi connectivity index (χ4n) is 0.129. The molecule has 0 saturated heterocycles. The van der Waals surface area contributed by atoms with E-state index in [9.17, 15) is 0 Å². The molecule has 0 aromatic carbocycles. The number of hydroxylamine groups is 2. The lowest BCUT2D eigenvalue weighted by molar-refractivity contribution is -0.104. The molecule has 0 rings (SSSR count). The van der Waals surface area contributed by atoms with Crippen molar-refractivity contribution in [2.75, 3.05) is 20.7 Å². The van der Waals surface area contributed by atoms with E-state index in [4.69, 9.17) is 4.84 Å². The van der Waals surface area contributed by atoms with Crippen molar-refractivity contribution in [1.29, 1.82) is 0 Å². The second kappa shape index (κ2) is 6.21. The van der Waals surface area contributed by atoms with Crippen LogP contribution in [0.1, 0.15) is 6.92 Å². The van der Waals surface area contributed by atoms with E-state index >= 15 is 0 Å². The van der Waals surface area contributed by atoms with Gasteiger partial charge in [-0.25, -0.2) is 0 Å². The standard InChI is InChI=1S/C4H11NO.ClH/c1-4-5(2)6-3;/h4H2,1-3H3;1H. The molecule has 0 amide bonds. The lowest BCUT2D eigenvalue weighted by Crippen LogP contribution is -2.14. The third kappa shape index (κ3) is 6.21. The van der Waals surface area contributed by atoms with Gasteiger partial charge >= 0.3 is 0 Å². The van der Waals surface area contributed by atoms with Crippen LogP contribution < -0.4 is 0 Å². The molecule has 0 saturated carbocycles. The maximum atomic E-state index is 4.73. The van der Waals surface area contributed by atoms with Gasteiger partial charge in [0.15, 0.2) is 0 Å². The van der Waals surface area contributed by atoms with Crippen LogP contribution in [0.15, 0.2) is 0 Å². The predicted octanol–water partition coefficient (Wildman–Crippen LogP) is 0.921. The zero-order valence-electron chi connectivity index (χ0n) is 4.97. The second-order valence-electron chi connectivity index (χ2n) is 1.13. The largest absolute Gasteiger partial charge is 0.303 e. The van der Waals surface area contributed by atoms with E-state index in [2.05, 4.69) is 0 Å². The van der Waals surface area contributed by atoms with Gasteiger partial charge in [0.25, 0.3) is 0 Å². The summed E-state index contributed by atoms with van der Waals surface area (Å²) in [7, 11) is 3.55. The molecular weight excluding hydrogens is 114 g/mol. The molecule has 0 aliphatic rings. The monoisotopic (exact) mass is 125 g/mol. The summed E-state index contributed by atoms with van der Waals surface area (Å²) in [4.78, 5) is 4.73. The summed E-state index contributed by atoms with van der Waals surface area (Å²) in [6.45, 7) is 2.97. The van der Waals surface area contributed by atoms with Crippen molar-refractivity contribution in [1.82, 2.24) is 5.06 Å². The summed E-state index contributed by atoms with van der Waals surface area (Å²) in [6.07, 6.45) is 0. The maximum Gasteiger partial charge on any atom is 0.0575 e. The highest BCUT2D eigenvalue weighted by Gasteiger charge is 1.81. The van der Waals surface area contributed by atoms with Gasteiger partial charge < -0.3 is 4.84 Å². The maximum absolute atomic E-state index is 4.73. The minimum Gasteiger partial charge on any atom is -0.303 e. The molecule has 0 radical (unpaired) electrons. The highest BCUT2D eigenvalue weighted by atomic mass is 35.5. The summed E-state index contributed by atoms with van der Waals surface area (Å²) >= 11 is 0. The van der Waals surface area contributed by atoms with Crippen molar-refractivity contribution in [2.24, 2.45) is 0 Å². The highest BCUT2D eigenvalue weighted by molar-refractivity contribution is 5.85. The normalized spacial score (nSPS) is 8.57. The minimum atomic E-state index is 0. The van der Waals surface area contributed by atoms with E-state index in [1.807, 2.05) is 14.0 Å². The van der Waals surface area contributed by atoms with Gasteiger partial charge in [-0.2, -0.15) is 5.06 Å². The van der Waals surface area contributed by atoms with Crippen molar-refractivity contribution >= 4 is 12.4 Å². The van der Waals surface area contributed by atoms with Crippen LogP contribution in [-0.4, -0.2) is 25.8 Å². The average molecular weight is 126 g/mol. The molecule has 0 fully saturated rings. The van der Waals surface area contributed by atoms with Gasteiger partial charge in [-0.3, -0.25) is 0 Å². The van der Waals surface area contributed by atoms with E-state index in [-0.39, 0.29) is 12.4 Å². The smallest absolute Gasteiger partial charge is 0.0575 e. The quantitative estimate of drug-likeness (QED) is 0.509. The fraction of sp³-hybridized carbons (Fsp3) is 1.00. The predicted molar refractivity (Wildman–Crippen MR) is 32.6 cm³/mol. The molecule has 0 aromatic heterocycles. The first-order valence-electron chi connectivity index (χ1n) is 2.06. The second-order valence-corrected chi connectivity index (χ2v) is 1.13. The van der Waals surface area contributed by atoms with Gasteiger partial charge in [-0.05, 0) is 0 Å². The summed E-state index contributed by atoms with van der Waals surface area (Å²) in [5.41, 5.74) is 0. The van der Waals surface area contributed by atoms with Gasteiger partial charge in [-0.1, -0.05) is 6.92 Å². The van der Waals surface area contributed by atoms with Crippen LogP contribution in [0.3, 0.4) is 0 Å². The summed E-state index contributed by atoms with van der Waals surface area (Å²) < 4.78 is 0. The zero-order chi connectivity index (χ0) is 4.99. The number of hydrogen-bond acceptors (Lipinski definition) is 2. The number of nitrogens with zero attached hydrogens (tertiary/aromatic N) is 1. The molecule has 7 heavy (non-hydrogen) atoms. The van der Waals surface area contributed by atoms with Gasteiger partial charge in [-0.15, -0.1) is 12.4 Å². The minimum absolute atomic E-state index is 0. The van der Waals surface area contributed by atoms with Crippen molar-refractivity contribution < 1.29 is 4.84 Å². The van der Waals surface area contributed by atoms with Crippen LogP contribution in [0.25, 0.3) is 0 Å². The van der Waals surface area contributed by atoms with E-state index in [0.717, 1.165) is 6.54 Å². The first-order chi connectivity index (χ1) is 2.81. The Bertz CT molecular complexity index is 30.9. The molecule has 0 spiro atoms. The molecule has 0 aliphatic carbocycles. The summed E-state index contributed by atoms with van der Waals surface area (Å²) in [5.74, 6) is 0. The van der Waals surface area contributed by atoms with Crippen molar-refractivity contribution in [3.05, 3.63) is 0 Å². The Morgan fingerprint density at radius 3 is 2.00 bits per heavy atom. The molecule has 0 aromatic rings. The lowest BCUT2D eigenvalue weighted by atomic mass is 10.8. The van der Waals surface area contributed by atoms with Crippen molar-refractivity contribution in [2.45, 2.75) is 6.92 Å². The van der Waals surface area contributed by atoms with Crippen LogP contribution in [0.5, 0.6) is 0 Å². The van der Waals surface area contributed by atoms with Crippen LogP contribution in [0, 0.1) is 0 Å². The molecule has 0 heterocycles. The molecule has 2 nitrogen and oxygen atoms in total. The first kappa shape index (κ1) is 10.2. The average Bonchev–Trinajstić information content (AvgIpc) is 1.65. The van der Waals surface area contributed by atoms with E-state index < -0.39 is 0 Å². The Kier molecular flexibility index (Phi) is 9.09. The third-order valence-corrected chi connectivity index (χ3v) is 0.757. The molecular formula is C4H12ClNO. The fourth-order valence-corrected chi connectivity index (χ4v) is 0.129. The number of halogens is 1. The van der Waals surface area contributed by atoms with E-state index in [1.54, 1.807) is 12.2 Å². The summed E-state index contributed by atoms with van der Waals surface area (Å²) in [6, 6.07) is 0. The first-order valence-corrected chi connectivity index (χ1v) is 2.06. The SMILES string of the molecule is CCN(C)OC.Cl. The molecule has 0 bridgehead atoms. The summed E-state index contributed by atoms with van der Waals surface area (Å²) in [5, 5.41) is 1.75. The van der Waals surface area contributed by atoms with E-state index in [0.29, 0.717) is 0 Å². The Morgan fingerprint density at radius 1 is 1.57 bits per heavy atom. The lowest BCUT2D eigenvalue weighted by Gasteiger charge is -2.07. The topological polar surface area (TPSA) is 12.5 Å². The molecule has 46 valence electrons. The molecule has 3 heteroatoms. The Labute approximate surface area is 50.8 Å². The molecule has 0 aliphatic heterocycles. The van der Waals surface area contributed by atoms with Crippen molar-refractivity contribution in [3.63, 3.8) is 0 Å². The molecule has 0 N–H and O–H groups in total. The van der Waals surface area contributed by atoms with Gasteiger partial charge in [0.05, 0.1) is 7.11 Å². The van der Waals surface area contributed by atoms with E-state index in [1.165, 1.54) is 0 Å². The number of rotatable bonds is 2. The third-order valence-electron chi connectivity index (χ3n) is 0.757. The zero-order valence-corrected chi connectivity index (χ0v) is 5.79. The van der Waals surface area contributed by atoms with Gasteiger partial charge in [0, 0.05) is 13.6 Å². The van der Waals surface area contributed by atoms with Crippen LogP contribution in [0.2, 0.25) is 0 Å². The van der Waals surface area contributed by atoms with Crippen LogP contribution >= 0.6 is 12.4 Å². The van der Waals surface area contributed by atoms with Gasteiger partial charge in [0.1, 0.15) is 0 Å². The number of hydrogen-bond donors (Lipinski definition) is 0. The molecule has 0 atom stereocenters. The van der Waals surface area contributed by atoms with Crippen LogP contribution in [-0.2, 0) is 4.84 Å². The Balaban J connectivity index is 0. The Hall–Kier alpha value is 0.210. The van der Waals surface area contributed by atoms with Gasteiger partial charge in [0.2, 0.25) is 0 Å². The highest BCUT2D eigenvalue weighted by Crippen LogP contribution is 1.74. The van der Waals surface area contributed by atoms with Crippen molar-refractivity contribution in [3.8, 4) is 0 Å². The molecule has 0 unspecified atom stereocenters. The van der Waals surface area contributed by atoms with Crippen LogP contribution in [0.4, 0.5) is 0 Å². The Morgan fingerprint density at radius 2 is 2.00 bits per heavy atom.